The van der Waals surface area contributed by atoms with Crippen LogP contribution in [0.3, 0.4) is 0 Å². The number of anilines is 2. The molecule has 0 saturated carbocycles. The summed E-state index contributed by atoms with van der Waals surface area (Å²) < 4.78 is 1.04. The summed E-state index contributed by atoms with van der Waals surface area (Å²) in [5.74, 6) is -0.301. The summed E-state index contributed by atoms with van der Waals surface area (Å²) in [7, 11) is 3.78. The number of nitrogens with zero attached hydrogens (tertiary/aromatic N) is 4. The van der Waals surface area contributed by atoms with Crippen LogP contribution in [0.15, 0.2) is 30.5 Å². The van der Waals surface area contributed by atoms with Crippen molar-refractivity contribution in [2.75, 3.05) is 24.7 Å². The summed E-state index contributed by atoms with van der Waals surface area (Å²) in [6.07, 6.45) is 1.28. The van der Waals surface area contributed by atoms with Crippen molar-refractivity contribution < 1.29 is 4.79 Å². The van der Waals surface area contributed by atoms with Gasteiger partial charge in [-0.25, -0.2) is 0 Å². The molecule has 0 fully saturated rings. The summed E-state index contributed by atoms with van der Waals surface area (Å²) in [5, 5.41) is 12.6. The van der Waals surface area contributed by atoms with E-state index in [1.54, 1.807) is 18.2 Å². The van der Waals surface area contributed by atoms with Crippen molar-refractivity contribution in [3.63, 3.8) is 0 Å². The smallest absolute Gasteiger partial charge is 0.280 e. The van der Waals surface area contributed by atoms with Gasteiger partial charge < -0.3 is 10.6 Å². The van der Waals surface area contributed by atoms with Crippen LogP contribution in [0.1, 0.15) is 15.9 Å². The second-order valence-corrected chi connectivity index (χ2v) is 4.22. The fourth-order valence-electron chi connectivity index (χ4n) is 1.65. The molecular weight excluding hydrogens is 242 g/mol. The first kappa shape index (κ1) is 12.6. The minimum Gasteiger partial charge on any atom is -0.382 e. The Hall–Kier alpha value is -2.81. The van der Waals surface area contributed by atoms with Crippen molar-refractivity contribution in [1.29, 1.82) is 5.26 Å². The first-order chi connectivity index (χ1) is 9.04. The van der Waals surface area contributed by atoms with Gasteiger partial charge >= 0.3 is 0 Å². The van der Waals surface area contributed by atoms with E-state index >= 15 is 0 Å². The Morgan fingerprint density at radius 3 is 2.79 bits per heavy atom. The number of aromatic nitrogens is 2. The van der Waals surface area contributed by atoms with Crippen molar-refractivity contribution in [3.05, 3.63) is 41.6 Å². The first-order valence-corrected chi connectivity index (χ1v) is 5.60. The van der Waals surface area contributed by atoms with E-state index < -0.39 is 0 Å². The molecule has 2 rings (SSSR count). The molecule has 1 aromatic carbocycles. The maximum Gasteiger partial charge on any atom is 0.280 e. The summed E-state index contributed by atoms with van der Waals surface area (Å²) in [6, 6.07) is 8.99. The quantitative estimate of drug-likeness (QED) is 0.867. The Bertz CT molecular complexity index is 666. The number of carbonyl (C=O) groups excluding carboxylic acids is 1. The predicted molar refractivity (Wildman–Crippen MR) is 71.9 cm³/mol. The number of nitriles is 1. The van der Waals surface area contributed by atoms with Crippen molar-refractivity contribution in [1.82, 2.24) is 9.78 Å². The average Bonchev–Trinajstić information content (AvgIpc) is 2.79. The molecule has 0 radical (unpaired) electrons. The number of rotatable bonds is 2. The first-order valence-electron chi connectivity index (χ1n) is 5.60. The molecule has 0 aliphatic heterocycles. The van der Waals surface area contributed by atoms with Crippen molar-refractivity contribution in [3.8, 4) is 6.07 Å². The van der Waals surface area contributed by atoms with E-state index in [1.807, 2.05) is 31.1 Å². The zero-order valence-electron chi connectivity index (χ0n) is 10.7. The highest BCUT2D eigenvalue weighted by Gasteiger charge is 2.16. The lowest BCUT2D eigenvalue weighted by molar-refractivity contribution is 0.0948. The molecule has 19 heavy (non-hydrogen) atoms. The minimum atomic E-state index is -0.359. The number of hydrogen-bond donors (Lipinski definition) is 1. The van der Waals surface area contributed by atoms with Crippen LogP contribution < -0.4 is 10.6 Å². The molecule has 0 aliphatic carbocycles. The Morgan fingerprint density at radius 1 is 1.47 bits per heavy atom. The van der Waals surface area contributed by atoms with Crippen LogP contribution in [0.25, 0.3) is 0 Å². The van der Waals surface area contributed by atoms with E-state index in [4.69, 9.17) is 11.0 Å². The van der Waals surface area contributed by atoms with Crippen molar-refractivity contribution in [2.45, 2.75) is 0 Å². The Morgan fingerprint density at radius 2 is 2.21 bits per heavy atom. The monoisotopic (exact) mass is 255 g/mol. The maximum absolute atomic E-state index is 12.3. The molecule has 0 bridgehead atoms. The lowest BCUT2D eigenvalue weighted by atomic mass is 10.2. The van der Waals surface area contributed by atoms with E-state index in [9.17, 15) is 4.79 Å². The number of nitrogen functional groups attached to an aromatic ring is 1. The second kappa shape index (κ2) is 4.82. The average molecular weight is 255 g/mol. The summed E-state index contributed by atoms with van der Waals surface area (Å²) in [5.41, 5.74) is 7.25. The molecule has 0 aliphatic rings. The molecule has 0 amide bonds. The predicted octanol–water partition coefficient (Wildman–Crippen LogP) is 1.09. The molecular formula is C13H13N5O. The second-order valence-electron chi connectivity index (χ2n) is 4.22. The maximum atomic E-state index is 12.3. The summed E-state index contributed by atoms with van der Waals surface area (Å²) in [4.78, 5) is 14.2. The van der Waals surface area contributed by atoms with Crippen LogP contribution in [0, 0.1) is 11.3 Å². The van der Waals surface area contributed by atoms with Gasteiger partial charge in [-0.3, -0.25) is 4.79 Å². The van der Waals surface area contributed by atoms with E-state index in [1.165, 1.54) is 6.20 Å². The van der Waals surface area contributed by atoms with Crippen LogP contribution in [0.5, 0.6) is 0 Å². The lowest BCUT2D eigenvalue weighted by Gasteiger charge is -2.13. The number of benzene rings is 1. The van der Waals surface area contributed by atoms with Crippen molar-refractivity contribution >= 4 is 17.4 Å². The number of carbonyl (C=O) groups is 1. The molecule has 6 nitrogen and oxygen atoms in total. The summed E-state index contributed by atoms with van der Waals surface area (Å²) in [6.45, 7) is 0. The Labute approximate surface area is 110 Å². The highest BCUT2D eigenvalue weighted by Crippen LogP contribution is 2.16. The highest BCUT2D eigenvalue weighted by atomic mass is 16.2. The van der Waals surface area contributed by atoms with Gasteiger partial charge in [0, 0.05) is 25.3 Å². The van der Waals surface area contributed by atoms with Gasteiger partial charge in [0.1, 0.15) is 17.5 Å². The van der Waals surface area contributed by atoms with Gasteiger partial charge in [0.2, 0.25) is 0 Å². The van der Waals surface area contributed by atoms with Gasteiger partial charge in [-0.2, -0.15) is 15.0 Å². The van der Waals surface area contributed by atoms with Crippen LogP contribution in [0.2, 0.25) is 0 Å². The number of hydrogen-bond acceptors (Lipinski definition) is 5. The standard InChI is InChI=1S/C13H13N5O/c1-17(2)11-5-3-4-9(6-11)13(19)18-12(15)10(7-14)8-16-18/h3-6,8H,15H2,1-2H3. The van der Waals surface area contributed by atoms with Crippen LogP contribution in [-0.2, 0) is 0 Å². The fraction of sp³-hybridized carbons (Fsp3) is 0.154. The molecule has 2 aromatic rings. The van der Waals surface area contributed by atoms with E-state index in [2.05, 4.69) is 5.10 Å². The SMILES string of the molecule is CN(C)c1cccc(C(=O)n2ncc(C#N)c2N)c1. The molecule has 6 heteroatoms. The largest absolute Gasteiger partial charge is 0.382 e. The topological polar surface area (TPSA) is 87.9 Å². The van der Waals surface area contributed by atoms with E-state index in [-0.39, 0.29) is 17.3 Å². The summed E-state index contributed by atoms with van der Waals surface area (Å²) >= 11 is 0. The Kier molecular flexibility index (Phi) is 3.21. The Balaban J connectivity index is 2.42. The molecule has 0 unspecified atom stereocenters. The van der Waals surface area contributed by atoms with E-state index in [0.29, 0.717) is 5.56 Å². The van der Waals surface area contributed by atoms with E-state index in [0.717, 1.165) is 10.4 Å². The lowest BCUT2D eigenvalue weighted by Crippen LogP contribution is -2.17. The minimum absolute atomic E-state index is 0.0581. The zero-order valence-corrected chi connectivity index (χ0v) is 10.7. The van der Waals surface area contributed by atoms with Gasteiger partial charge in [0.15, 0.2) is 0 Å². The molecule has 0 atom stereocenters. The molecule has 0 spiro atoms. The van der Waals surface area contributed by atoms with Crippen molar-refractivity contribution in [2.24, 2.45) is 0 Å². The third-order valence-corrected chi connectivity index (χ3v) is 2.73. The third-order valence-electron chi connectivity index (χ3n) is 2.73. The number of nitrogens with two attached hydrogens (primary N) is 1. The normalized spacial score (nSPS) is 9.95. The van der Waals surface area contributed by atoms with Gasteiger partial charge in [-0.1, -0.05) is 6.07 Å². The fourth-order valence-corrected chi connectivity index (χ4v) is 1.65. The highest BCUT2D eigenvalue weighted by molar-refractivity contribution is 5.98. The van der Waals surface area contributed by atoms with Crippen LogP contribution in [-0.4, -0.2) is 29.8 Å². The molecule has 1 heterocycles. The molecule has 2 N–H and O–H groups in total. The molecule has 96 valence electrons. The van der Waals surface area contributed by atoms with Crippen LogP contribution >= 0.6 is 0 Å². The van der Waals surface area contributed by atoms with Gasteiger partial charge in [0.25, 0.3) is 5.91 Å². The van der Waals surface area contributed by atoms with Gasteiger partial charge in [-0.05, 0) is 18.2 Å². The zero-order chi connectivity index (χ0) is 14.0. The third kappa shape index (κ3) is 2.26. The van der Waals surface area contributed by atoms with Crippen LogP contribution in [0.4, 0.5) is 11.5 Å². The molecule has 0 saturated heterocycles. The van der Waals surface area contributed by atoms with Gasteiger partial charge in [-0.15, -0.1) is 0 Å². The van der Waals surface area contributed by atoms with Gasteiger partial charge in [0.05, 0.1) is 6.20 Å². The molecule has 1 aromatic heterocycles.